The minimum absolute atomic E-state index is 0.0799. The Morgan fingerprint density at radius 1 is 1.29 bits per heavy atom. The van der Waals surface area contributed by atoms with Crippen LogP contribution in [0.15, 0.2) is 34.1 Å². The van der Waals surface area contributed by atoms with Crippen molar-refractivity contribution >= 4 is 50.5 Å². The first-order chi connectivity index (χ1) is 8.08. The Morgan fingerprint density at radius 2 is 1.94 bits per heavy atom. The predicted molar refractivity (Wildman–Crippen MR) is 79.1 cm³/mol. The van der Waals surface area contributed by atoms with Crippen LogP contribution in [0.25, 0.3) is 0 Å². The van der Waals surface area contributed by atoms with Gasteiger partial charge in [-0.1, -0.05) is 29.3 Å². The normalized spacial score (nSPS) is 12.7. The Morgan fingerprint density at radius 3 is 2.47 bits per heavy atom. The van der Waals surface area contributed by atoms with Gasteiger partial charge in [-0.25, -0.2) is 0 Å². The molecule has 0 radical (unpaired) electrons. The topological polar surface area (TPSA) is 26.0 Å². The largest absolute Gasteiger partial charge is 0.323 e. The number of thiophene rings is 1. The van der Waals surface area contributed by atoms with E-state index in [4.69, 9.17) is 28.9 Å². The zero-order valence-electron chi connectivity index (χ0n) is 8.79. The van der Waals surface area contributed by atoms with Crippen molar-refractivity contribution in [1.29, 1.82) is 0 Å². The summed E-state index contributed by atoms with van der Waals surface area (Å²) in [6.45, 7) is 0. The van der Waals surface area contributed by atoms with Gasteiger partial charge in [-0.3, -0.25) is 0 Å². The summed E-state index contributed by atoms with van der Waals surface area (Å²) in [6.07, 6.45) is 0.644. The lowest BCUT2D eigenvalue weighted by Crippen LogP contribution is -2.12. The van der Waals surface area contributed by atoms with Crippen LogP contribution < -0.4 is 5.73 Å². The highest BCUT2D eigenvalue weighted by Crippen LogP contribution is 2.31. The minimum atomic E-state index is -0.0799. The molecule has 17 heavy (non-hydrogen) atoms. The van der Waals surface area contributed by atoms with E-state index in [1.54, 1.807) is 11.3 Å². The molecule has 2 N–H and O–H groups in total. The third-order valence-electron chi connectivity index (χ3n) is 2.44. The summed E-state index contributed by atoms with van der Waals surface area (Å²) in [7, 11) is 0. The van der Waals surface area contributed by atoms with Gasteiger partial charge in [0.15, 0.2) is 0 Å². The standard InChI is InChI=1S/C12H10BrCl2NS/c13-7-4-12(17-6-7)11(16)5-8-9(14)2-1-3-10(8)15/h1-4,6,11H,5,16H2. The first-order valence-electron chi connectivity index (χ1n) is 5.00. The molecule has 1 atom stereocenters. The van der Waals surface area contributed by atoms with E-state index in [-0.39, 0.29) is 6.04 Å². The molecule has 1 unspecified atom stereocenters. The van der Waals surface area contributed by atoms with Crippen LogP contribution >= 0.6 is 50.5 Å². The summed E-state index contributed by atoms with van der Waals surface area (Å²) in [6, 6.07) is 7.45. The van der Waals surface area contributed by atoms with Crippen LogP contribution in [0.2, 0.25) is 10.0 Å². The molecule has 2 aromatic rings. The quantitative estimate of drug-likeness (QED) is 0.822. The summed E-state index contributed by atoms with van der Waals surface area (Å²) in [4.78, 5) is 1.12. The van der Waals surface area contributed by atoms with Crippen molar-refractivity contribution in [1.82, 2.24) is 0 Å². The molecule has 1 aromatic heterocycles. The van der Waals surface area contributed by atoms with Crippen molar-refractivity contribution in [3.8, 4) is 0 Å². The summed E-state index contributed by atoms with van der Waals surface area (Å²) < 4.78 is 1.05. The highest BCUT2D eigenvalue weighted by molar-refractivity contribution is 9.10. The van der Waals surface area contributed by atoms with E-state index in [1.807, 2.05) is 29.6 Å². The molecule has 0 amide bonds. The molecule has 0 aliphatic heterocycles. The van der Waals surface area contributed by atoms with Gasteiger partial charge >= 0.3 is 0 Å². The lowest BCUT2D eigenvalue weighted by atomic mass is 10.1. The van der Waals surface area contributed by atoms with Gasteiger partial charge in [0.05, 0.1) is 0 Å². The second-order valence-electron chi connectivity index (χ2n) is 3.68. The van der Waals surface area contributed by atoms with Crippen LogP contribution in [-0.4, -0.2) is 0 Å². The fraction of sp³-hybridized carbons (Fsp3) is 0.167. The average molecular weight is 351 g/mol. The van der Waals surface area contributed by atoms with Gasteiger partial charge < -0.3 is 5.73 Å². The molecule has 1 nitrogen and oxygen atoms in total. The molecular formula is C12H10BrCl2NS. The maximum absolute atomic E-state index is 6.15. The number of halogens is 3. The third kappa shape index (κ3) is 3.24. The summed E-state index contributed by atoms with van der Waals surface area (Å²) in [5, 5.41) is 3.36. The Bertz CT molecular complexity index is 507. The molecule has 0 fully saturated rings. The van der Waals surface area contributed by atoms with Gasteiger partial charge in [0, 0.05) is 30.8 Å². The van der Waals surface area contributed by atoms with Crippen LogP contribution in [0, 0.1) is 0 Å². The van der Waals surface area contributed by atoms with E-state index in [1.165, 1.54) is 0 Å². The number of benzene rings is 1. The zero-order valence-corrected chi connectivity index (χ0v) is 12.7. The van der Waals surface area contributed by atoms with E-state index < -0.39 is 0 Å². The first-order valence-corrected chi connectivity index (χ1v) is 7.43. The first kappa shape index (κ1) is 13.4. The van der Waals surface area contributed by atoms with Crippen molar-refractivity contribution < 1.29 is 0 Å². The number of hydrogen-bond donors (Lipinski definition) is 1. The SMILES string of the molecule is NC(Cc1c(Cl)cccc1Cl)c1cc(Br)cs1. The van der Waals surface area contributed by atoms with E-state index in [0.29, 0.717) is 16.5 Å². The molecule has 0 saturated heterocycles. The molecule has 90 valence electrons. The van der Waals surface area contributed by atoms with E-state index >= 15 is 0 Å². The molecule has 1 aromatic carbocycles. The molecule has 0 saturated carbocycles. The highest BCUT2D eigenvalue weighted by atomic mass is 79.9. The highest BCUT2D eigenvalue weighted by Gasteiger charge is 2.13. The molecule has 2 rings (SSSR count). The molecule has 0 aliphatic rings. The number of nitrogens with two attached hydrogens (primary N) is 1. The van der Waals surface area contributed by atoms with E-state index in [9.17, 15) is 0 Å². The van der Waals surface area contributed by atoms with Crippen LogP contribution in [0.4, 0.5) is 0 Å². The molecular weight excluding hydrogens is 341 g/mol. The minimum Gasteiger partial charge on any atom is -0.323 e. The molecule has 5 heteroatoms. The van der Waals surface area contributed by atoms with E-state index in [0.717, 1.165) is 14.9 Å². The van der Waals surface area contributed by atoms with Crippen molar-refractivity contribution in [2.75, 3.05) is 0 Å². The summed E-state index contributed by atoms with van der Waals surface area (Å²) in [5.41, 5.74) is 7.06. The average Bonchev–Trinajstić information content (AvgIpc) is 2.70. The number of rotatable bonds is 3. The van der Waals surface area contributed by atoms with Gasteiger partial charge in [0.2, 0.25) is 0 Å². The summed E-state index contributed by atoms with van der Waals surface area (Å²) >= 11 is 17.3. The Balaban J connectivity index is 2.21. The van der Waals surface area contributed by atoms with Gasteiger partial charge in [-0.15, -0.1) is 11.3 Å². The lowest BCUT2D eigenvalue weighted by molar-refractivity contribution is 0.736. The maximum Gasteiger partial charge on any atom is 0.0453 e. The van der Waals surface area contributed by atoms with Crippen molar-refractivity contribution in [2.45, 2.75) is 12.5 Å². The van der Waals surface area contributed by atoms with Crippen molar-refractivity contribution in [3.63, 3.8) is 0 Å². The Hall–Kier alpha value is -0.0600. The fourth-order valence-corrected chi connectivity index (χ4v) is 3.57. The third-order valence-corrected chi connectivity index (χ3v) is 4.97. The van der Waals surface area contributed by atoms with Crippen molar-refractivity contribution in [3.05, 3.63) is 54.6 Å². The van der Waals surface area contributed by atoms with Crippen LogP contribution in [0.3, 0.4) is 0 Å². The van der Waals surface area contributed by atoms with Gasteiger partial charge in [-0.05, 0) is 46.1 Å². The fourth-order valence-electron chi connectivity index (χ4n) is 1.57. The second-order valence-corrected chi connectivity index (χ2v) is 6.35. The smallest absolute Gasteiger partial charge is 0.0453 e. The van der Waals surface area contributed by atoms with Gasteiger partial charge in [0.1, 0.15) is 0 Å². The molecule has 0 bridgehead atoms. The van der Waals surface area contributed by atoms with Crippen LogP contribution in [-0.2, 0) is 6.42 Å². The van der Waals surface area contributed by atoms with E-state index in [2.05, 4.69) is 15.9 Å². The molecule has 1 heterocycles. The Kier molecular flexibility index (Phi) is 4.50. The maximum atomic E-state index is 6.15. The van der Waals surface area contributed by atoms with Gasteiger partial charge in [0.25, 0.3) is 0 Å². The predicted octanol–water partition coefficient (Wildman–Crippen LogP) is 5.06. The number of hydrogen-bond acceptors (Lipinski definition) is 2. The summed E-state index contributed by atoms with van der Waals surface area (Å²) in [5.74, 6) is 0. The lowest BCUT2D eigenvalue weighted by Gasteiger charge is -2.12. The Labute approximate surface area is 123 Å². The second kappa shape index (κ2) is 5.72. The van der Waals surface area contributed by atoms with Crippen molar-refractivity contribution in [2.24, 2.45) is 5.73 Å². The monoisotopic (exact) mass is 349 g/mol. The molecule has 0 aliphatic carbocycles. The van der Waals surface area contributed by atoms with Gasteiger partial charge in [-0.2, -0.15) is 0 Å². The zero-order chi connectivity index (χ0) is 12.4. The molecule has 0 spiro atoms. The van der Waals surface area contributed by atoms with Crippen LogP contribution in [0.1, 0.15) is 16.5 Å². The van der Waals surface area contributed by atoms with Crippen LogP contribution in [0.5, 0.6) is 0 Å².